The SMILES string of the molecule is CC(=O)NC(CC(C)C)C(=O)NC(CC1CCN(C(=N)N)CC1)C(=O)c1nc2ccccc2s1. The number of rotatable bonds is 9. The minimum atomic E-state index is -0.745. The predicted octanol–water partition coefficient (Wildman–Crippen LogP) is 2.51. The molecule has 2 amide bonds. The average Bonchev–Trinajstić information content (AvgIpc) is 3.21. The first-order chi connectivity index (χ1) is 16.1. The van der Waals surface area contributed by atoms with E-state index in [1.54, 1.807) is 0 Å². The van der Waals surface area contributed by atoms with Crippen molar-refractivity contribution in [3.8, 4) is 0 Å². The summed E-state index contributed by atoms with van der Waals surface area (Å²) in [6.45, 7) is 6.65. The van der Waals surface area contributed by atoms with Crippen LogP contribution >= 0.6 is 11.3 Å². The molecular weight excluding hydrogens is 452 g/mol. The Balaban J connectivity index is 1.80. The first-order valence-corrected chi connectivity index (χ1v) is 12.5. The second-order valence-electron chi connectivity index (χ2n) is 9.35. The quantitative estimate of drug-likeness (QED) is 0.244. The van der Waals surface area contributed by atoms with Crippen molar-refractivity contribution in [3.05, 3.63) is 29.3 Å². The van der Waals surface area contributed by atoms with Crippen molar-refractivity contribution in [1.82, 2.24) is 20.5 Å². The monoisotopic (exact) mass is 486 g/mol. The lowest BCUT2D eigenvalue weighted by atomic mass is 9.88. The van der Waals surface area contributed by atoms with Gasteiger partial charge in [-0.3, -0.25) is 19.8 Å². The molecule has 0 saturated carbocycles. The third kappa shape index (κ3) is 6.75. The van der Waals surface area contributed by atoms with E-state index < -0.39 is 12.1 Å². The number of nitrogens with two attached hydrogens (primary N) is 1. The maximum Gasteiger partial charge on any atom is 0.243 e. The number of amides is 2. The normalized spacial score (nSPS) is 16.3. The summed E-state index contributed by atoms with van der Waals surface area (Å²) in [7, 11) is 0. The Hall–Kier alpha value is -3.01. The maximum atomic E-state index is 13.5. The van der Waals surface area contributed by atoms with Gasteiger partial charge in [0.1, 0.15) is 6.04 Å². The van der Waals surface area contributed by atoms with E-state index in [2.05, 4.69) is 15.6 Å². The van der Waals surface area contributed by atoms with Crippen LogP contribution in [0.25, 0.3) is 10.2 Å². The fourth-order valence-corrected chi connectivity index (χ4v) is 5.28. The summed E-state index contributed by atoms with van der Waals surface area (Å²) in [5.74, 6) is -0.410. The van der Waals surface area contributed by atoms with Crippen LogP contribution in [-0.2, 0) is 9.59 Å². The molecule has 2 heterocycles. The molecule has 1 aromatic carbocycles. The van der Waals surface area contributed by atoms with Gasteiger partial charge in [0.05, 0.1) is 16.3 Å². The van der Waals surface area contributed by atoms with Gasteiger partial charge in [-0.25, -0.2) is 4.98 Å². The number of thiazole rings is 1. The molecule has 3 rings (SSSR count). The lowest BCUT2D eigenvalue weighted by Crippen LogP contribution is -2.52. The van der Waals surface area contributed by atoms with E-state index in [0.29, 0.717) is 30.9 Å². The van der Waals surface area contributed by atoms with Gasteiger partial charge in [-0.1, -0.05) is 26.0 Å². The van der Waals surface area contributed by atoms with Gasteiger partial charge in [-0.15, -0.1) is 11.3 Å². The van der Waals surface area contributed by atoms with Crippen molar-refractivity contribution in [3.63, 3.8) is 0 Å². The summed E-state index contributed by atoms with van der Waals surface area (Å²) in [6.07, 6.45) is 2.51. The van der Waals surface area contributed by atoms with E-state index in [0.717, 1.165) is 23.1 Å². The van der Waals surface area contributed by atoms with Crippen LogP contribution in [-0.4, -0.2) is 58.6 Å². The molecule has 184 valence electrons. The average molecular weight is 487 g/mol. The molecule has 1 aliphatic heterocycles. The molecule has 1 saturated heterocycles. The van der Waals surface area contributed by atoms with E-state index in [1.165, 1.54) is 18.3 Å². The number of nitrogens with one attached hydrogen (secondary N) is 3. The van der Waals surface area contributed by atoms with Gasteiger partial charge in [-0.05, 0) is 49.7 Å². The number of carbonyl (C=O) groups excluding carboxylic acids is 3. The summed E-state index contributed by atoms with van der Waals surface area (Å²) in [4.78, 5) is 44.7. The highest BCUT2D eigenvalue weighted by atomic mass is 32.1. The molecule has 0 spiro atoms. The first-order valence-electron chi connectivity index (χ1n) is 11.7. The molecule has 2 aromatic rings. The van der Waals surface area contributed by atoms with Crippen LogP contribution in [0.2, 0.25) is 0 Å². The second-order valence-corrected chi connectivity index (χ2v) is 10.4. The van der Waals surface area contributed by atoms with Gasteiger partial charge in [-0.2, -0.15) is 0 Å². The Morgan fingerprint density at radius 3 is 2.44 bits per heavy atom. The van der Waals surface area contributed by atoms with Gasteiger partial charge in [0.2, 0.25) is 17.6 Å². The van der Waals surface area contributed by atoms with E-state index in [1.807, 2.05) is 43.0 Å². The minimum Gasteiger partial charge on any atom is -0.370 e. The molecule has 5 N–H and O–H groups in total. The highest BCUT2D eigenvalue weighted by Crippen LogP contribution is 2.27. The summed E-state index contributed by atoms with van der Waals surface area (Å²) >= 11 is 1.32. The zero-order chi connectivity index (χ0) is 24.8. The number of benzene rings is 1. The second kappa shape index (κ2) is 11.4. The molecule has 10 heteroatoms. The number of Topliss-reactive ketones (excluding diaryl/α,β-unsaturated/α-hetero) is 1. The number of likely N-dealkylation sites (tertiary alicyclic amines) is 1. The number of nitrogens with zero attached hydrogens (tertiary/aromatic N) is 2. The van der Waals surface area contributed by atoms with Crippen LogP contribution in [0, 0.1) is 17.2 Å². The maximum absolute atomic E-state index is 13.5. The van der Waals surface area contributed by atoms with E-state index in [4.69, 9.17) is 11.1 Å². The van der Waals surface area contributed by atoms with Crippen LogP contribution < -0.4 is 16.4 Å². The number of hydrogen-bond donors (Lipinski definition) is 4. The highest BCUT2D eigenvalue weighted by Gasteiger charge is 2.32. The number of hydrogen-bond acceptors (Lipinski definition) is 6. The number of aromatic nitrogens is 1. The van der Waals surface area contributed by atoms with Crippen molar-refractivity contribution in [1.29, 1.82) is 5.41 Å². The zero-order valence-electron chi connectivity index (χ0n) is 20.0. The molecule has 1 aromatic heterocycles. The van der Waals surface area contributed by atoms with Crippen LogP contribution in [0.4, 0.5) is 0 Å². The zero-order valence-corrected chi connectivity index (χ0v) is 20.8. The predicted molar refractivity (Wildman–Crippen MR) is 134 cm³/mol. The van der Waals surface area contributed by atoms with Gasteiger partial charge in [0.15, 0.2) is 11.0 Å². The smallest absolute Gasteiger partial charge is 0.243 e. The summed E-state index contributed by atoms with van der Waals surface area (Å²) in [5, 5.41) is 13.7. The topological polar surface area (TPSA) is 141 Å². The molecule has 0 bridgehead atoms. The molecule has 1 fully saturated rings. The molecule has 0 aliphatic carbocycles. The Labute approximate surface area is 204 Å². The molecule has 34 heavy (non-hydrogen) atoms. The van der Waals surface area contributed by atoms with Gasteiger partial charge in [0, 0.05) is 20.0 Å². The van der Waals surface area contributed by atoms with Gasteiger partial charge in [0.25, 0.3) is 0 Å². The number of para-hydroxylation sites is 1. The molecule has 2 atom stereocenters. The first kappa shape index (κ1) is 25.6. The van der Waals surface area contributed by atoms with Crippen molar-refractivity contribution < 1.29 is 14.4 Å². The van der Waals surface area contributed by atoms with Gasteiger partial charge >= 0.3 is 0 Å². The standard InChI is InChI=1S/C24H34N6O3S/c1-14(2)12-19(27-15(3)31)22(33)28-18(13-16-8-10-30(11-9-16)24(25)26)21(32)23-29-17-6-4-5-7-20(17)34-23/h4-7,14,16,18-19H,8-13H2,1-3H3,(H3,25,26)(H,27,31)(H,28,33). The molecule has 0 radical (unpaired) electrons. The van der Waals surface area contributed by atoms with Crippen molar-refractivity contribution >= 4 is 45.1 Å². The highest BCUT2D eigenvalue weighted by molar-refractivity contribution is 7.20. The van der Waals surface area contributed by atoms with Crippen molar-refractivity contribution in [2.24, 2.45) is 17.6 Å². The molecule has 2 unspecified atom stereocenters. The lowest BCUT2D eigenvalue weighted by Gasteiger charge is -2.34. The fourth-order valence-electron chi connectivity index (χ4n) is 4.32. The Kier molecular flexibility index (Phi) is 8.60. The minimum absolute atomic E-state index is 0.0562. The molecule has 9 nitrogen and oxygen atoms in total. The van der Waals surface area contributed by atoms with E-state index in [9.17, 15) is 14.4 Å². The molecular formula is C24H34N6O3S. The van der Waals surface area contributed by atoms with Crippen molar-refractivity contribution in [2.45, 2.75) is 58.5 Å². The Morgan fingerprint density at radius 2 is 1.85 bits per heavy atom. The Bertz CT molecular complexity index is 1010. The van der Waals surface area contributed by atoms with Crippen LogP contribution in [0.15, 0.2) is 24.3 Å². The van der Waals surface area contributed by atoms with Crippen LogP contribution in [0.1, 0.15) is 56.3 Å². The third-order valence-corrected chi connectivity index (χ3v) is 7.11. The number of fused-ring (bicyclic) bond motifs is 1. The fraction of sp³-hybridized carbons (Fsp3) is 0.542. The number of piperidine rings is 1. The molecule has 1 aliphatic rings. The van der Waals surface area contributed by atoms with Crippen LogP contribution in [0.3, 0.4) is 0 Å². The van der Waals surface area contributed by atoms with Gasteiger partial charge < -0.3 is 21.3 Å². The third-order valence-electron chi connectivity index (χ3n) is 6.06. The lowest BCUT2D eigenvalue weighted by molar-refractivity contribution is -0.128. The number of guanidine groups is 1. The summed E-state index contributed by atoms with van der Waals surface area (Å²) in [6, 6.07) is 6.12. The van der Waals surface area contributed by atoms with E-state index in [-0.39, 0.29) is 35.4 Å². The summed E-state index contributed by atoms with van der Waals surface area (Å²) < 4.78 is 0.918. The Morgan fingerprint density at radius 1 is 1.18 bits per heavy atom. The van der Waals surface area contributed by atoms with Crippen LogP contribution in [0.5, 0.6) is 0 Å². The number of carbonyl (C=O) groups is 3. The van der Waals surface area contributed by atoms with Crippen molar-refractivity contribution in [2.75, 3.05) is 13.1 Å². The number of ketones is 1. The van der Waals surface area contributed by atoms with E-state index >= 15 is 0 Å². The largest absolute Gasteiger partial charge is 0.370 e. The summed E-state index contributed by atoms with van der Waals surface area (Å²) in [5.41, 5.74) is 6.37.